The first-order valence-corrected chi connectivity index (χ1v) is 7.86. The SMILES string of the molecule is CCCc1cc(NC(=O)c2cc(SC)ccc2C)n[nH]1. The molecule has 2 rings (SSSR count). The molecular weight excluding hydrogens is 270 g/mol. The number of aryl methyl sites for hydroxylation is 2. The standard InChI is InChI=1S/C15H19N3OS/c1-4-5-11-8-14(18-17-11)16-15(19)13-9-12(20-3)7-6-10(13)2/h6-9H,4-5H2,1-3H3,(H2,16,17,18,19). The summed E-state index contributed by atoms with van der Waals surface area (Å²) < 4.78 is 0. The predicted octanol–water partition coefficient (Wildman–Crippen LogP) is 3.64. The Morgan fingerprint density at radius 1 is 1.40 bits per heavy atom. The minimum absolute atomic E-state index is 0.118. The van der Waals surface area contributed by atoms with Crippen molar-refractivity contribution in [2.45, 2.75) is 31.6 Å². The Morgan fingerprint density at radius 3 is 2.90 bits per heavy atom. The Balaban J connectivity index is 2.14. The summed E-state index contributed by atoms with van der Waals surface area (Å²) in [7, 11) is 0. The van der Waals surface area contributed by atoms with Gasteiger partial charge in [-0.3, -0.25) is 9.89 Å². The molecule has 20 heavy (non-hydrogen) atoms. The zero-order chi connectivity index (χ0) is 14.5. The second-order valence-electron chi connectivity index (χ2n) is 4.66. The molecule has 1 aromatic carbocycles. The molecule has 5 heteroatoms. The fourth-order valence-electron chi connectivity index (χ4n) is 1.98. The molecule has 0 bridgehead atoms. The summed E-state index contributed by atoms with van der Waals surface area (Å²) in [6, 6.07) is 7.78. The highest BCUT2D eigenvalue weighted by Crippen LogP contribution is 2.20. The van der Waals surface area contributed by atoms with Gasteiger partial charge in [0.25, 0.3) is 5.91 Å². The van der Waals surface area contributed by atoms with E-state index in [1.54, 1.807) is 11.8 Å². The van der Waals surface area contributed by atoms with Crippen molar-refractivity contribution in [2.24, 2.45) is 0 Å². The number of aromatic nitrogens is 2. The fourth-order valence-corrected chi connectivity index (χ4v) is 2.42. The van der Waals surface area contributed by atoms with Gasteiger partial charge in [-0.1, -0.05) is 19.4 Å². The summed E-state index contributed by atoms with van der Waals surface area (Å²) in [5.74, 6) is 0.459. The van der Waals surface area contributed by atoms with Crippen LogP contribution < -0.4 is 5.32 Å². The van der Waals surface area contributed by atoms with E-state index in [-0.39, 0.29) is 5.91 Å². The van der Waals surface area contributed by atoms with E-state index in [0.29, 0.717) is 11.4 Å². The first kappa shape index (κ1) is 14.7. The monoisotopic (exact) mass is 289 g/mol. The molecule has 0 saturated heterocycles. The third-order valence-corrected chi connectivity index (χ3v) is 3.81. The van der Waals surface area contributed by atoms with Crippen molar-refractivity contribution >= 4 is 23.5 Å². The molecule has 0 unspecified atom stereocenters. The average molecular weight is 289 g/mol. The topological polar surface area (TPSA) is 57.8 Å². The number of benzene rings is 1. The van der Waals surface area contributed by atoms with Gasteiger partial charge in [-0.25, -0.2) is 0 Å². The number of carbonyl (C=O) groups is 1. The van der Waals surface area contributed by atoms with Gasteiger partial charge in [0.1, 0.15) is 0 Å². The van der Waals surface area contributed by atoms with E-state index in [1.807, 2.05) is 37.4 Å². The van der Waals surface area contributed by atoms with E-state index < -0.39 is 0 Å². The van der Waals surface area contributed by atoms with Gasteiger partial charge in [-0.2, -0.15) is 5.10 Å². The lowest BCUT2D eigenvalue weighted by atomic mass is 10.1. The van der Waals surface area contributed by atoms with E-state index in [4.69, 9.17) is 0 Å². The molecule has 1 heterocycles. The largest absolute Gasteiger partial charge is 0.305 e. The molecule has 1 aromatic heterocycles. The Bertz CT molecular complexity index is 607. The van der Waals surface area contributed by atoms with Gasteiger partial charge in [0.15, 0.2) is 5.82 Å². The number of nitrogens with one attached hydrogen (secondary N) is 2. The number of thioether (sulfide) groups is 1. The summed E-state index contributed by atoms with van der Waals surface area (Å²) in [6.45, 7) is 4.04. The van der Waals surface area contributed by atoms with E-state index in [2.05, 4.69) is 22.4 Å². The maximum atomic E-state index is 12.3. The zero-order valence-electron chi connectivity index (χ0n) is 12.0. The zero-order valence-corrected chi connectivity index (χ0v) is 12.8. The summed E-state index contributed by atoms with van der Waals surface area (Å²) in [4.78, 5) is 13.4. The summed E-state index contributed by atoms with van der Waals surface area (Å²) in [6.07, 6.45) is 3.98. The van der Waals surface area contributed by atoms with Crippen LogP contribution in [0.5, 0.6) is 0 Å². The molecule has 4 nitrogen and oxygen atoms in total. The number of carbonyl (C=O) groups excluding carboxylic acids is 1. The molecule has 106 valence electrons. The van der Waals surface area contributed by atoms with Crippen molar-refractivity contribution in [3.8, 4) is 0 Å². The number of rotatable bonds is 5. The van der Waals surface area contributed by atoms with Gasteiger partial charge < -0.3 is 5.32 Å². The van der Waals surface area contributed by atoms with Crippen LogP contribution in [0.4, 0.5) is 5.82 Å². The maximum absolute atomic E-state index is 12.3. The molecule has 0 aliphatic carbocycles. The number of amides is 1. The smallest absolute Gasteiger partial charge is 0.257 e. The second kappa shape index (κ2) is 6.61. The van der Waals surface area contributed by atoms with Gasteiger partial charge in [0, 0.05) is 22.2 Å². The first-order valence-electron chi connectivity index (χ1n) is 6.64. The van der Waals surface area contributed by atoms with Crippen LogP contribution in [0.15, 0.2) is 29.2 Å². The number of aromatic amines is 1. The number of hydrogen-bond donors (Lipinski definition) is 2. The van der Waals surface area contributed by atoms with Crippen molar-refractivity contribution in [3.63, 3.8) is 0 Å². The third-order valence-electron chi connectivity index (χ3n) is 3.08. The van der Waals surface area contributed by atoms with Crippen molar-refractivity contribution in [1.82, 2.24) is 10.2 Å². The number of hydrogen-bond acceptors (Lipinski definition) is 3. The minimum atomic E-state index is -0.118. The van der Waals surface area contributed by atoms with Gasteiger partial charge in [-0.15, -0.1) is 11.8 Å². The van der Waals surface area contributed by atoms with Crippen molar-refractivity contribution in [2.75, 3.05) is 11.6 Å². The van der Waals surface area contributed by atoms with Gasteiger partial charge in [0.2, 0.25) is 0 Å². The highest BCUT2D eigenvalue weighted by atomic mass is 32.2. The second-order valence-corrected chi connectivity index (χ2v) is 5.54. The molecule has 0 spiro atoms. The molecule has 1 amide bonds. The lowest BCUT2D eigenvalue weighted by Crippen LogP contribution is -2.13. The van der Waals surface area contributed by atoms with Crippen LogP contribution in [0.25, 0.3) is 0 Å². The number of anilines is 1. The highest BCUT2D eigenvalue weighted by molar-refractivity contribution is 7.98. The van der Waals surface area contributed by atoms with Gasteiger partial charge >= 0.3 is 0 Å². The van der Waals surface area contributed by atoms with E-state index in [1.165, 1.54) is 0 Å². The molecule has 2 N–H and O–H groups in total. The maximum Gasteiger partial charge on any atom is 0.257 e. The summed E-state index contributed by atoms with van der Waals surface area (Å²) in [5, 5.41) is 9.88. The Labute approximate surface area is 123 Å². The molecule has 2 aromatic rings. The van der Waals surface area contributed by atoms with Crippen molar-refractivity contribution in [1.29, 1.82) is 0 Å². The molecule has 0 aliphatic heterocycles. The lowest BCUT2D eigenvalue weighted by Gasteiger charge is -2.07. The summed E-state index contributed by atoms with van der Waals surface area (Å²) >= 11 is 1.62. The first-order chi connectivity index (χ1) is 9.63. The van der Waals surface area contributed by atoms with Gasteiger partial charge in [-0.05, 0) is 37.3 Å². The van der Waals surface area contributed by atoms with Crippen molar-refractivity contribution in [3.05, 3.63) is 41.1 Å². The molecule has 0 fully saturated rings. The average Bonchev–Trinajstić information content (AvgIpc) is 2.87. The normalized spacial score (nSPS) is 10.6. The van der Waals surface area contributed by atoms with Gasteiger partial charge in [0.05, 0.1) is 0 Å². The molecule has 0 radical (unpaired) electrons. The van der Waals surface area contributed by atoms with Crippen molar-refractivity contribution < 1.29 is 4.79 Å². The Hall–Kier alpha value is -1.75. The predicted molar refractivity (Wildman–Crippen MR) is 83.5 cm³/mol. The molecule has 0 aliphatic rings. The minimum Gasteiger partial charge on any atom is -0.305 e. The Morgan fingerprint density at radius 2 is 2.20 bits per heavy atom. The fraction of sp³-hybridized carbons (Fsp3) is 0.333. The summed E-state index contributed by atoms with van der Waals surface area (Å²) in [5.41, 5.74) is 2.69. The van der Waals surface area contributed by atoms with Crippen LogP contribution in [0.3, 0.4) is 0 Å². The van der Waals surface area contributed by atoms with Crippen LogP contribution in [-0.2, 0) is 6.42 Å². The molecular formula is C15H19N3OS. The van der Waals surface area contributed by atoms with Crippen LogP contribution >= 0.6 is 11.8 Å². The number of H-pyrrole nitrogens is 1. The molecule has 0 atom stereocenters. The lowest BCUT2D eigenvalue weighted by molar-refractivity contribution is 0.102. The quantitative estimate of drug-likeness (QED) is 0.826. The third kappa shape index (κ3) is 3.42. The number of nitrogens with zero attached hydrogens (tertiary/aromatic N) is 1. The van der Waals surface area contributed by atoms with Crippen LogP contribution in [0.2, 0.25) is 0 Å². The highest BCUT2D eigenvalue weighted by Gasteiger charge is 2.11. The molecule has 0 saturated carbocycles. The van der Waals surface area contributed by atoms with E-state index in [9.17, 15) is 4.79 Å². The van der Waals surface area contributed by atoms with Crippen LogP contribution in [0.1, 0.15) is 35.0 Å². The van der Waals surface area contributed by atoms with E-state index >= 15 is 0 Å². The van der Waals surface area contributed by atoms with Crippen LogP contribution in [-0.4, -0.2) is 22.4 Å². The van der Waals surface area contributed by atoms with E-state index in [0.717, 1.165) is 29.0 Å². The Kier molecular flexibility index (Phi) is 4.84. The van der Waals surface area contributed by atoms with Crippen LogP contribution in [0, 0.1) is 6.92 Å².